The average Bonchev–Trinajstić information content (AvgIpc) is 3.47. The largest absolute Gasteiger partial charge is 0.461 e. The number of para-hydroxylation sites is 1. The number of thiazole rings is 1. The van der Waals surface area contributed by atoms with Gasteiger partial charge in [-0.3, -0.25) is 4.79 Å². The van der Waals surface area contributed by atoms with Gasteiger partial charge in [-0.2, -0.15) is 0 Å². The van der Waals surface area contributed by atoms with Gasteiger partial charge in [0, 0.05) is 32.2 Å². The van der Waals surface area contributed by atoms with E-state index < -0.39 is 0 Å². The van der Waals surface area contributed by atoms with Gasteiger partial charge in [0.05, 0.1) is 16.5 Å². The SMILES string of the molecule is Cc1cccc2sc(N3CCN(C(=O)c4cc(-c5ccco5)on4)CC3)nc12. The van der Waals surface area contributed by atoms with Gasteiger partial charge in [0.15, 0.2) is 16.6 Å². The van der Waals surface area contributed by atoms with E-state index in [9.17, 15) is 4.79 Å². The van der Waals surface area contributed by atoms with Crippen molar-refractivity contribution in [2.24, 2.45) is 0 Å². The summed E-state index contributed by atoms with van der Waals surface area (Å²) in [7, 11) is 0. The lowest BCUT2D eigenvalue weighted by Gasteiger charge is -2.34. The molecule has 0 bridgehead atoms. The summed E-state index contributed by atoms with van der Waals surface area (Å²) in [5.74, 6) is 0.890. The molecule has 5 rings (SSSR count). The molecular weight excluding hydrogens is 376 g/mol. The van der Waals surface area contributed by atoms with Gasteiger partial charge in [-0.05, 0) is 30.7 Å². The first-order valence-electron chi connectivity index (χ1n) is 9.10. The minimum atomic E-state index is -0.124. The number of hydrogen-bond donors (Lipinski definition) is 0. The van der Waals surface area contributed by atoms with Gasteiger partial charge in [-0.25, -0.2) is 4.98 Å². The number of piperazine rings is 1. The quantitative estimate of drug-likeness (QED) is 0.526. The number of rotatable bonds is 3. The van der Waals surface area contributed by atoms with Gasteiger partial charge in [0.25, 0.3) is 5.91 Å². The predicted octanol–water partition coefficient (Wildman–Crippen LogP) is 3.82. The molecule has 1 aliphatic heterocycles. The van der Waals surface area contributed by atoms with E-state index in [0.717, 1.165) is 23.7 Å². The summed E-state index contributed by atoms with van der Waals surface area (Å²) in [5, 5.41) is 4.92. The Morgan fingerprint density at radius 1 is 1.11 bits per heavy atom. The zero-order valence-corrected chi connectivity index (χ0v) is 16.1. The standard InChI is InChI=1S/C20H18N4O3S/c1-13-4-2-6-17-18(13)21-20(28-17)24-9-7-23(8-10-24)19(25)14-12-16(27-22-14)15-5-3-11-26-15/h2-6,11-12H,7-10H2,1H3. The Hall–Kier alpha value is -3.13. The highest BCUT2D eigenvalue weighted by Crippen LogP contribution is 2.31. The second-order valence-electron chi connectivity index (χ2n) is 6.75. The maximum atomic E-state index is 12.8. The third-order valence-electron chi connectivity index (χ3n) is 4.94. The first-order valence-corrected chi connectivity index (χ1v) is 9.92. The van der Waals surface area contributed by atoms with Crippen molar-refractivity contribution in [1.82, 2.24) is 15.0 Å². The number of carbonyl (C=O) groups excluding carboxylic acids is 1. The summed E-state index contributed by atoms with van der Waals surface area (Å²) in [6, 6.07) is 11.4. The maximum Gasteiger partial charge on any atom is 0.276 e. The van der Waals surface area contributed by atoms with Gasteiger partial charge >= 0.3 is 0 Å². The van der Waals surface area contributed by atoms with E-state index >= 15 is 0 Å². The number of nitrogens with zero attached hydrogens (tertiary/aromatic N) is 4. The van der Waals surface area contributed by atoms with Crippen LogP contribution in [0, 0.1) is 6.92 Å². The van der Waals surface area contributed by atoms with Crippen molar-refractivity contribution >= 4 is 32.6 Å². The van der Waals surface area contributed by atoms with E-state index in [0.29, 0.717) is 30.3 Å². The van der Waals surface area contributed by atoms with Crippen molar-refractivity contribution in [3.63, 3.8) is 0 Å². The number of carbonyl (C=O) groups is 1. The fourth-order valence-electron chi connectivity index (χ4n) is 3.38. The molecule has 0 atom stereocenters. The first-order chi connectivity index (χ1) is 13.7. The van der Waals surface area contributed by atoms with Crippen molar-refractivity contribution in [1.29, 1.82) is 0 Å². The monoisotopic (exact) mass is 394 g/mol. The molecule has 4 heterocycles. The van der Waals surface area contributed by atoms with Crippen LogP contribution in [-0.4, -0.2) is 47.1 Å². The summed E-state index contributed by atoms with van der Waals surface area (Å²) < 4.78 is 11.7. The summed E-state index contributed by atoms with van der Waals surface area (Å²) >= 11 is 1.70. The van der Waals surface area contributed by atoms with Crippen LogP contribution >= 0.6 is 11.3 Å². The van der Waals surface area contributed by atoms with E-state index in [-0.39, 0.29) is 5.91 Å². The Bertz CT molecular complexity index is 1120. The molecule has 1 saturated heterocycles. The fourth-order valence-corrected chi connectivity index (χ4v) is 4.48. The molecular formula is C20H18N4O3S. The molecule has 0 N–H and O–H groups in total. The molecule has 1 aromatic carbocycles. The molecule has 0 radical (unpaired) electrons. The molecule has 1 aliphatic rings. The normalized spacial score (nSPS) is 14.8. The van der Waals surface area contributed by atoms with Crippen LogP contribution < -0.4 is 4.90 Å². The summed E-state index contributed by atoms with van der Waals surface area (Å²) in [4.78, 5) is 21.6. The Labute approximate surface area is 165 Å². The van der Waals surface area contributed by atoms with Crippen molar-refractivity contribution in [3.05, 3.63) is 53.9 Å². The third-order valence-corrected chi connectivity index (χ3v) is 6.02. The zero-order chi connectivity index (χ0) is 19.1. The number of anilines is 1. The van der Waals surface area contributed by atoms with Gasteiger partial charge in [-0.15, -0.1) is 0 Å². The number of aryl methyl sites for hydroxylation is 1. The molecule has 4 aromatic rings. The lowest BCUT2D eigenvalue weighted by atomic mass is 10.2. The highest BCUT2D eigenvalue weighted by molar-refractivity contribution is 7.22. The van der Waals surface area contributed by atoms with Crippen LogP contribution in [0.2, 0.25) is 0 Å². The third kappa shape index (κ3) is 2.95. The van der Waals surface area contributed by atoms with Gasteiger partial charge in [0.1, 0.15) is 0 Å². The van der Waals surface area contributed by atoms with Crippen LogP contribution in [0.25, 0.3) is 21.7 Å². The second kappa shape index (κ2) is 6.79. The number of aromatic nitrogens is 2. The van der Waals surface area contributed by atoms with E-state index in [1.807, 2.05) is 0 Å². The number of amides is 1. The summed E-state index contributed by atoms with van der Waals surface area (Å²) in [6.45, 7) is 4.81. The Morgan fingerprint density at radius 3 is 2.71 bits per heavy atom. The lowest BCUT2D eigenvalue weighted by Crippen LogP contribution is -2.48. The molecule has 0 aliphatic carbocycles. The summed E-state index contributed by atoms with van der Waals surface area (Å²) in [5.41, 5.74) is 2.55. The van der Waals surface area contributed by atoms with Gasteiger partial charge < -0.3 is 18.7 Å². The van der Waals surface area contributed by atoms with E-state index in [2.05, 4.69) is 35.2 Å². The van der Waals surface area contributed by atoms with Gasteiger partial charge in [0.2, 0.25) is 5.76 Å². The molecule has 1 fully saturated rings. The Kier molecular flexibility index (Phi) is 4.12. The summed E-state index contributed by atoms with van der Waals surface area (Å²) in [6.07, 6.45) is 1.56. The number of fused-ring (bicyclic) bond motifs is 1. The molecule has 0 unspecified atom stereocenters. The van der Waals surface area contributed by atoms with Crippen molar-refractivity contribution < 1.29 is 13.7 Å². The highest BCUT2D eigenvalue weighted by atomic mass is 32.1. The first kappa shape index (κ1) is 17.0. The predicted molar refractivity (Wildman–Crippen MR) is 107 cm³/mol. The highest BCUT2D eigenvalue weighted by Gasteiger charge is 2.26. The van der Waals surface area contributed by atoms with Crippen LogP contribution in [0.3, 0.4) is 0 Å². The van der Waals surface area contributed by atoms with Crippen molar-refractivity contribution in [3.8, 4) is 11.5 Å². The lowest BCUT2D eigenvalue weighted by molar-refractivity contribution is 0.0736. The maximum absolute atomic E-state index is 12.8. The molecule has 28 heavy (non-hydrogen) atoms. The minimum Gasteiger partial charge on any atom is -0.461 e. The molecule has 8 heteroatoms. The molecule has 0 spiro atoms. The van der Waals surface area contributed by atoms with E-state index in [1.54, 1.807) is 40.7 Å². The number of benzene rings is 1. The second-order valence-corrected chi connectivity index (χ2v) is 7.76. The molecule has 142 valence electrons. The number of hydrogen-bond acceptors (Lipinski definition) is 7. The Morgan fingerprint density at radius 2 is 1.96 bits per heavy atom. The van der Waals surface area contributed by atoms with Crippen LogP contribution in [0.1, 0.15) is 16.1 Å². The van der Waals surface area contributed by atoms with E-state index in [1.165, 1.54) is 10.3 Å². The zero-order valence-electron chi connectivity index (χ0n) is 15.3. The van der Waals surface area contributed by atoms with Gasteiger partial charge in [-0.1, -0.05) is 28.6 Å². The smallest absolute Gasteiger partial charge is 0.276 e. The number of furan rings is 1. The van der Waals surface area contributed by atoms with Crippen molar-refractivity contribution in [2.75, 3.05) is 31.1 Å². The molecule has 1 amide bonds. The molecule has 7 nitrogen and oxygen atoms in total. The Balaban J connectivity index is 1.27. The topological polar surface area (TPSA) is 75.6 Å². The minimum absolute atomic E-state index is 0.124. The van der Waals surface area contributed by atoms with E-state index in [4.69, 9.17) is 13.9 Å². The van der Waals surface area contributed by atoms with Crippen LogP contribution in [-0.2, 0) is 0 Å². The van der Waals surface area contributed by atoms with Crippen molar-refractivity contribution in [2.45, 2.75) is 6.92 Å². The molecule has 0 saturated carbocycles. The van der Waals surface area contributed by atoms with Crippen LogP contribution in [0.15, 0.2) is 51.6 Å². The van der Waals surface area contributed by atoms with Crippen LogP contribution in [0.4, 0.5) is 5.13 Å². The van der Waals surface area contributed by atoms with Crippen LogP contribution in [0.5, 0.6) is 0 Å². The average molecular weight is 394 g/mol. The fraction of sp³-hybridized carbons (Fsp3) is 0.250. The molecule has 3 aromatic heterocycles.